The first-order valence-electron chi connectivity index (χ1n) is 11.2. The normalized spacial score (nSPS) is 19.9. The highest BCUT2D eigenvalue weighted by Crippen LogP contribution is 2.32. The molecule has 0 atom stereocenters. The molecule has 0 amide bonds. The first kappa shape index (κ1) is 20.8. The number of rotatable bonds is 9. The van der Waals surface area contributed by atoms with E-state index in [1.807, 2.05) is 6.08 Å². The molecule has 28 heavy (non-hydrogen) atoms. The van der Waals surface area contributed by atoms with Crippen molar-refractivity contribution in [3.63, 3.8) is 0 Å². The maximum atomic E-state index is 12.2. The second-order valence-electron chi connectivity index (χ2n) is 8.37. The third-order valence-electron chi connectivity index (χ3n) is 6.20. The van der Waals surface area contributed by atoms with Crippen LogP contribution in [0, 0.1) is 11.8 Å². The molecule has 0 aromatic heterocycles. The minimum Gasteiger partial charge on any atom is -0.251 e. The molecule has 1 saturated carbocycles. The molecule has 1 aliphatic carbocycles. The Morgan fingerprint density at radius 2 is 1.39 bits per heavy atom. The van der Waals surface area contributed by atoms with Gasteiger partial charge in [0.05, 0.1) is 6.67 Å². The van der Waals surface area contributed by atoms with E-state index in [9.17, 15) is 4.39 Å². The van der Waals surface area contributed by atoms with Crippen molar-refractivity contribution in [2.45, 2.75) is 64.7 Å². The number of benzene rings is 2. The number of allylic oxidation sites excluding steroid dienone is 2. The van der Waals surface area contributed by atoms with Gasteiger partial charge in [-0.05, 0) is 85.5 Å². The molecule has 1 aliphatic rings. The smallest absolute Gasteiger partial charge is 0.0928 e. The number of hydrogen-bond donors (Lipinski definition) is 0. The second-order valence-corrected chi connectivity index (χ2v) is 8.37. The van der Waals surface area contributed by atoms with Crippen LogP contribution in [0.4, 0.5) is 4.39 Å². The Kier molecular flexibility index (Phi) is 8.33. The van der Waals surface area contributed by atoms with Crippen molar-refractivity contribution in [3.05, 3.63) is 71.8 Å². The first-order chi connectivity index (χ1) is 13.8. The van der Waals surface area contributed by atoms with E-state index in [0.717, 1.165) is 12.3 Å². The Morgan fingerprint density at radius 3 is 1.93 bits per heavy atom. The Morgan fingerprint density at radius 1 is 0.821 bits per heavy atom. The molecule has 0 bridgehead atoms. The molecule has 0 aliphatic heterocycles. The molecule has 2 aromatic rings. The molecule has 1 fully saturated rings. The first-order valence-corrected chi connectivity index (χ1v) is 11.2. The van der Waals surface area contributed by atoms with Crippen LogP contribution in [0.1, 0.15) is 63.0 Å². The molecule has 0 N–H and O–H groups in total. The van der Waals surface area contributed by atoms with E-state index in [1.165, 1.54) is 67.2 Å². The van der Waals surface area contributed by atoms with Crippen LogP contribution in [0.3, 0.4) is 0 Å². The fourth-order valence-corrected chi connectivity index (χ4v) is 4.41. The molecule has 0 saturated heterocycles. The van der Waals surface area contributed by atoms with Crippen molar-refractivity contribution in [2.75, 3.05) is 6.67 Å². The lowest BCUT2D eigenvalue weighted by Gasteiger charge is -2.26. The average Bonchev–Trinajstić information content (AvgIpc) is 2.75. The van der Waals surface area contributed by atoms with Crippen LogP contribution < -0.4 is 0 Å². The molecule has 0 unspecified atom stereocenters. The Hall–Kier alpha value is -1.89. The van der Waals surface area contributed by atoms with Crippen LogP contribution in [0.2, 0.25) is 0 Å². The predicted molar refractivity (Wildman–Crippen MR) is 119 cm³/mol. The van der Waals surface area contributed by atoms with Crippen molar-refractivity contribution in [3.8, 4) is 11.1 Å². The van der Waals surface area contributed by atoms with Gasteiger partial charge in [0.1, 0.15) is 0 Å². The van der Waals surface area contributed by atoms with Gasteiger partial charge in [-0.1, -0.05) is 74.0 Å². The molecule has 0 heterocycles. The quantitative estimate of drug-likeness (QED) is 0.388. The van der Waals surface area contributed by atoms with Crippen molar-refractivity contribution < 1.29 is 4.39 Å². The van der Waals surface area contributed by atoms with Crippen molar-refractivity contribution in [1.82, 2.24) is 0 Å². The van der Waals surface area contributed by atoms with E-state index in [1.54, 1.807) is 0 Å². The van der Waals surface area contributed by atoms with E-state index in [2.05, 4.69) is 61.5 Å². The van der Waals surface area contributed by atoms with Gasteiger partial charge in [-0.15, -0.1) is 0 Å². The van der Waals surface area contributed by atoms with E-state index in [0.29, 0.717) is 12.3 Å². The van der Waals surface area contributed by atoms with Gasteiger partial charge in [0, 0.05) is 0 Å². The fraction of sp³-hybridized carbons (Fsp3) is 0.481. The molecular weight excluding hydrogens is 343 g/mol. The third-order valence-corrected chi connectivity index (χ3v) is 6.20. The predicted octanol–water partition coefficient (Wildman–Crippen LogP) is 7.96. The maximum Gasteiger partial charge on any atom is 0.0928 e. The molecule has 0 spiro atoms. The van der Waals surface area contributed by atoms with Gasteiger partial charge < -0.3 is 0 Å². The number of aryl methyl sites for hydroxylation is 2. The zero-order valence-corrected chi connectivity index (χ0v) is 17.4. The Balaban J connectivity index is 1.45. The highest BCUT2D eigenvalue weighted by atomic mass is 19.1. The highest BCUT2D eigenvalue weighted by molar-refractivity contribution is 5.63. The summed E-state index contributed by atoms with van der Waals surface area (Å²) in [4.78, 5) is 0. The zero-order chi connectivity index (χ0) is 19.6. The number of halogens is 1. The monoisotopic (exact) mass is 378 g/mol. The van der Waals surface area contributed by atoms with E-state index >= 15 is 0 Å². The van der Waals surface area contributed by atoms with E-state index < -0.39 is 0 Å². The van der Waals surface area contributed by atoms with Crippen LogP contribution in [-0.4, -0.2) is 6.67 Å². The topological polar surface area (TPSA) is 0 Å². The second kappa shape index (κ2) is 11.2. The molecule has 2 aromatic carbocycles. The van der Waals surface area contributed by atoms with Crippen molar-refractivity contribution in [1.29, 1.82) is 0 Å². The lowest BCUT2D eigenvalue weighted by Crippen LogP contribution is -2.13. The summed E-state index contributed by atoms with van der Waals surface area (Å²) < 4.78 is 12.2. The third kappa shape index (κ3) is 6.33. The molecule has 150 valence electrons. The highest BCUT2D eigenvalue weighted by Gasteiger charge is 2.19. The van der Waals surface area contributed by atoms with Crippen LogP contribution >= 0.6 is 0 Å². The molecule has 0 nitrogen and oxygen atoms in total. The van der Waals surface area contributed by atoms with E-state index in [4.69, 9.17) is 0 Å². The average molecular weight is 379 g/mol. The Labute approximate surface area is 170 Å². The van der Waals surface area contributed by atoms with Crippen molar-refractivity contribution in [2.24, 2.45) is 11.8 Å². The largest absolute Gasteiger partial charge is 0.251 e. The summed E-state index contributed by atoms with van der Waals surface area (Å²) in [6.45, 7) is 2.00. The minimum absolute atomic E-state index is 0.227. The summed E-state index contributed by atoms with van der Waals surface area (Å²) in [6.07, 6.45) is 14.9. The summed E-state index contributed by atoms with van der Waals surface area (Å²) in [5, 5.41) is 0. The summed E-state index contributed by atoms with van der Waals surface area (Å²) >= 11 is 0. The van der Waals surface area contributed by atoms with Crippen molar-refractivity contribution >= 4 is 0 Å². The molecule has 1 heteroatoms. The molecule has 3 rings (SSSR count). The number of hydrogen-bond acceptors (Lipinski definition) is 0. The van der Waals surface area contributed by atoms with Gasteiger partial charge >= 0.3 is 0 Å². The van der Waals surface area contributed by atoms with E-state index in [-0.39, 0.29) is 6.67 Å². The van der Waals surface area contributed by atoms with Gasteiger partial charge in [-0.2, -0.15) is 0 Å². The van der Waals surface area contributed by atoms with Crippen LogP contribution in [0.5, 0.6) is 0 Å². The van der Waals surface area contributed by atoms with Gasteiger partial charge in [0.25, 0.3) is 0 Å². The minimum atomic E-state index is -0.227. The number of alkyl halides is 1. The lowest BCUT2D eigenvalue weighted by molar-refractivity contribution is 0.296. The maximum absolute atomic E-state index is 12.2. The standard InChI is InChI=1S/C27H35F/c1-2-5-22-13-17-26(18-14-22)27-19-15-25(16-20-27)12-11-24-9-7-23(8-10-24)6-3-4-21-28/h3,6,13-20,23-24H,2,4-5,7-12,21H2,1H3/t23-,24-. The van der Waals surface area contributed by atoms with Crippen LogP contribution in [0.15, 0.2) is 60.7 Å². The summed E-state index contributed by atoms with van der Waals surface area (Å²) in [5.74, 6) is 1.54. The molecule has 0 radical (unpaired) electrons. The van der Waals surface area contributed by atoms with Crippen LogP contribution in [0.25, 0.3) is 11.1 Å². The van der Waals surface area contributed by atoms with Gasteiger partial charge in [0.2, 0.25) is 0 Å². The SMILES string of the molecule is CCCc1ccc(-c2ccc(CC[C@H]3CC[C@H](C=CCCF)CC3)cc2)cc1. The van der Waals surface area contributed by atoms with Crippen LogP contribution in [-0.2, 0) is 12.8 Å². The van der Waals surface area contributed by atoms with Gasteiger partial charge in [0.15, 0.2) is 0 Å². The Bertz CT molecular complexity index is 703. The lowest BCUT2D eigenvalue weighted by atomic mass is 9.79. The van der Waals surface area contributed by atoms with Gasteiger partial charge in [-0.3, -0.25) is 4.39 Å². The summed E-state index contributed by atoms with van der Waals surface area (Å²) in [7, 11) is 0. The van der Waals surface area contributed by atoms with Gasteiger partial charge in [-0.25, -0.2) is 0 Å². The zero-order valence-electron chi connectivity index (χ0n) is 17.4. The summed E-state index contributed by atoms with van der Waals surface area (Å²) in [5.41, 5.74) is 5.50. The molecular formula is C27H35F. The fourth-order valence-electron chi connectivity index (χ4n) is 4.41. The summed E-state index contributed by atoms with van der Waals surface area (Å²) in [6, 6.07) is 18.2.